The van der Waals surface area contributed by atoms with Gasteiger partial charge in [0.1, 0.15) is 18.5 Å². The standard InChI is InChI=1S/C26H32N4O3S/c1-18-27-24-14-21(7-9-25(24)34-18)33-17-20(31)15-29-10-12-30(13-11-29)16-26(32)28-23-8-6-19-4-2-3-5-22(19)23/h2-5,7,9,14,20,23,31H,6,8,10-13,15-17H2,1H3,(H,28,32)/t20?,23-/m0/s1. The molecule has 5 rings (SSSR count). The number of fused-ring (bicyclic) bond motifs is 2. The second-order valence-corrected chi connectivity index (χ2v) is 10.5. The van der Waals surface area contributed by atoms with E-state index in [1.54, 1.807) is 11.3 Å². The first-order valence-corrected chi connectivity index (χ1v) is 12.8. The quantitative estimate of drug-likeness (QED) is 0.516. The fraction of sp³-hybridized carbons (Fsp3) is 0.462. The Morgan fingerprint density at radius 3 is 2.85 bits per heavy atom. The summed E-state index contributed by atoms with van der Waals surface area (Å²) in [7, 11) is 0. The molecule has 2 heterocycles. The van der Waals surface area contributed by atoms with E-state index < -0.39 is 6.10 Å². The van der Waals surface area contributed by atoms with Gasteiger partial charge in [0.05, 0.1) is 27.8 Å². The Balaban J connectivity index is 1.02. The molecular weight excluding hydrogens is 448 g/mol. The molecule has 0 radical (unpaired) electrons. The number of hydrogen-bond acceptors (Lipinski definition) is 7. The monoisotopic (exact) mass is 480 g/mol. The van der Waals surface area contributed by atoms with Crippen LogP contribution in [0.1, 0.15) is 28.6 Å². The Bertz CT molecular complexity index is 1140. The molecule has 2 aliphatic rings. The first-order chi connectivity index (χ1) is 16.5. The molecule has 180 valence electrons. The van der Waals surface area contributed by atoms with Gasteiger partial charge in [0.2, 0.25) is 5.91 Å². The summed E-state index contributed by atoms with van der Waals surface area (Å²) >= 11 is 1.67. The summed E-state index contributed by atoms with van der Waals surface area (Å²) in [4.78, 5) is 21.5. The molecule has 1 amide bonds. The minimum atomic E-state index is -0.565. The lowest BCUT2D eigenvalue weighted by Gasteiger charge is -2.35. The van der Waals surface area contributed by atoms with Crippen LogP contribution in [0.25, 0.3) is 10.2 Å². The van der Waals surface area contributed by atoms with Crippen LogP contribution in [0.4, 0.5) is 0 Å². The Morgan fingerprint density at radius 1 is 1.21 bits per heavy atom. The zero-order chi connectivity index (χ0) is 23.5. The molecular formula is C26H32N4O3S. The number of amides is 1. The van der Waals surface area contributed by atoms with Crippen molar-refractivity contribution in [3.8, 4) is 5.75 Å². The Kier molecular flexibility index (Phi) is 7.10. The van der Waals surface area contributed by atoms with Gasteiger partial charge in [-0.15, -0.1) is 11.3 Å². The van der Waals surface area contributed by atoms with E-state index in [9.17, 15) is 9.90 Å². The maximum Gasteiger partial charge on any atom is 0.234 e. The zero-order valence-electron chi connectivity index (χ0n) is 19.6. The number of thiazole rings is 1. The third kappa shape index (κ3) is 5.58. The summed E-state index contributed by atoms with van der Waals surface area (Å²) < 4.78 is 6.96. The molecule has 8 heteroatoms. The minimum Gasteiger partial charge on any atom is -0.491 e. The van der Waals surface area contributed by atoms with Gasteiger partial charge in [0.15, 0.2) is 0 Å². The number of carbonyl (C=O) groups excluding carboxylic acids is 1. The smallest absolute Gasteiger partial charge is 0.234 e. The second-order valence-electron chi connectivity index (χ2n) is 9.26. The van der Waals surface area contributed by atoms with E-state index in [0.717, 1.165) is 60.0 Å². The third-order valence-electron chi connectivity index (χ3n) is 6.68. The fourth-order valence-corrected chi connectivity index (χ4v) is 5.74. The number of hydrogen-bond donors (Lipinski definition) is 2. The molecule has 0 saturated carbocycles. The average molecular weight is 481 g/mol. The molecule has 2 aromatic carbocycles. The van der Waals surface area contributed by atoms with Gasteiger partial charge in [-0.1, -0.05) is 24.3 Å². The number of aromatic nitrogens is 1. The zero-order valence-corrected chi connectivity index (χ0v) is 20.4. The van der Waals surface area contributed by atoms with Crippen molar-refractivity contribution in [2.24, 2.45) is 0 Å². The summed E-state index contributed by atoms with van der Waals surface area (Å²) in [6.07, 6.45) is 1.45. The first kappa shape index (κ1) is 23.2. The first-order valence-electron chi connectivity index (χ1n) is 12.0. The molecule has 7 nitrogen and oxygen atoms in total. The molecule has 1 aromatic heterocycles. The van der Waals surface area contributed by atoms with E-state index in [4.69, 9.17) is 4.74 Å². The molecule has 3 aromatic rings. The maximum absolute atomic E-state index is 12.6. The molecule has 1 saturated heterocycles. The highest BCUT2D eigenvalue weighted by Gasteiger charge is 2.25. The SMILES string of the molecule is Cc1nc2cc(OCC(O)CN3CCN(CC(=O)N[C@H]4CCc5ccccc54)CC3)ccc2s1. The molecule has 0 spiro atoms. The molecule has 2 N–H and O–H groups in total. The summed E-state index contributed by atoms with van der Waals surface area (Å²) in [5.74, 6) is 0.827. The highest BCUT2D eigenvalue weighted by Crippen LogP contribution is 2.30. The van der Waals surface area contributed by atoms with E-state index >= 15 is 0 Å². The number of nitrogens with one attached hydrogen (secondary N) is 1. The minimum absolute atomic E-state index is 0.0934. The highest BCUT2D eigenvalue weighted by molar-refractivity contribution is 7.18. The lowest BCUT2D eigenvalue weighted by molar-refractivity contribution is -0.123. The van der Waals surface area contributed by atoms with E-state index in [0.29, 0.717) is 13.1 Å². The summed E-state index contributed by atoms with van der Waals surface area (Å²) in [5.41, 5.74) is 3.55. The number of ether oxygens (including phenoxy) is 1. The van der Waals surface area contributed by atoms with Crippen LogP contribution in [0, 0.1) is 6.92 Å². The van der Waals surface area contributed by atoms with Crippen LogP contribution < -0.4 is 10.1 Å². The number of nitrogens with zero attached hydrogens (tertiary/aromatic N) is 3. The van der Waals surface area contributed by atoms with Crippen LogP contribution in [-0.4, -0.2) is 77.8 Å². The predicted octanol–water partition coefficient (Wildman–Crippen LogP) is 2.77. The second kappa shape index (κ2) is 10.4. The van der Waals surface area contributed by atoms with Gasteiger partial charge in [-0.3, -0.25) is 14.6 Å². The molecule has 1 aliphatic heterocycles. The van der Waals surface area contributed by atoms with Crippen LogP contribution in [0.5, 0.6) is 5.75 Å². The summed E-state index contributed by atoms with van der Waals surface area (Å²) in [5, 5.41) is 14.7. The fourth-order valence-electron chi connectivity index (χ4n) is 4.94. The van der Waals surface area contributed by atoms with E-state index in [1.165, 1.54) is 11.1 Å². The highest BCUT2D eigenvalue weighted by atomic mass is 32.1. The van der Waals surface area contributed by atoms with Crippen LogP contribution >= 0.6 is 11.3 Å². The Morgan fingerprint density at radius 2 is 2.00 bits per heavy atom. The number of β-amino-alcohol motifs (C(OH)–C–C–N with tert-alkyl or cyclic N) is 1. The Hall–Kier alpha value is -2.52. The largest absolute Gasteiger partial charge is 0.491 e. The van der Waals surface area contributed by atoms with Gasteiger partial charge in [0.25, 0.3) is 0 Å². The number of benzene rings is 2. The number of aliphatic hydroxyl groups is 1. The summed E-state index contributed by atoms with van der Waals surface area (Å²) in [6, 6.07) is 14.4. The number of aliphatic hydroxyl groups excluding tert-OH is 1. The van der Waals surface area contributed by atoms with Gasteiger partial charge in [-0.2, -0.15) is 0 Å². The molecule has 1 unspecified atom stereocenters. The van der Waals surface area contributed by atoms with Crippen molar-refractivity contribution in [1.29, 1.82) is 0 Å². The maximum atomic E-state index is 12.6. The number of rotatable bonds is 8. The van der Waals surface area contributed by atoms with Crippen molar-refractivity contribution >= 4 is 27.5 Å². The number of piperazine rings is 1. The van der Waals surface area contributed by atoms with E-state index in [1.807, 2.05) is 31.2 Å². The average Bonchev–Trinajstić information content (AvgIpc) is 3.41. The van der Waals surface area contributed by atoms with Crippen LogP contribution in [-0.2, 0) is 11.2 Å². The van der Waals surface area contributed by atoms with Crippen molar-refractivity contribution in [3.05, 3.63) is 58.6 Å². The lowest BCUT2D eigenvalue weighted by atomic mass is 10.1. The van der Waals surface area contributed by atoms with Crippen molar-refractivity contribution < 1.29 is 14.6 Å². The third-order valence-corrected chi connectivity index (χ3v) is 7.63. The van der Waals surface area contributed by atoms with Crippen molar-refractivity contribution in [3.63, 3.8) is 0 Å². The van der Waals surface area contributed by atoms with Crippen LogP contribution in [0.3, 0.4) is 0 Å². The van der Waals surface area contributed by atoms with E-state index in [2.05, 4.69) is 38.3 Å². The van der Waals surface area contributed by atoms with Crippen molar-refractivity contribution in [2.45, 2.75) is 31.9 Å². The van der Waals surface area contributed by atoms with Gasteiger partial charge < -0.3 is 15.2 Å². The van der Waals surface area contributed by atoms with Crippen LogP contribution in [0.15, 0.2) is 42.5 Å². The number of carbonyl (C=O) groups is 1. The van der Waals surface area contributed by atoms with Crippen molar-refractivity contribution in [1.82, 2.24) is 20.1 Å². The topological polar surface area (TPSA) is 77.9 Å². The molecule has 34 heavy (non-hydrogen) atoms. The van der Waals surface area contributed by atoms with Gasteiger partial charge in [-0.25, -0.2) is 4.98 Å². The van der Waals surface area contributed by atoms with Gasteiger partial charge >= 0.3 is 0 Å². The lowest BCUT2D eigenvalue weighted by Crippen LogP contribution is -2.51. The molecule has 0 bridgehead atoms. The molecule has 2 atom stereocenters. The predicted molar refractivity (Wildman–Crippen MR) is 134 cm³/mol. The summed E-state index contributed by atoms with van der Waals surface area (Å²) in [6.45, 7) is 6.55. The van der Waals surface area contributed by atoms with Gasteiger partial charge in [-0.05, 0) is 43.0 Å². The Labute approximate surface area is 204 Å². The van der Waals surface area contributed by atoms with Crippen molar-refractivity contribution in [2.75, 3.05) is 45.9 Å². The van der Waals surface area contributed by atoms with Gasteiger partial charge in [0, 0.05) is 38.8 Å². The normalized spacial score (nSPS) is 19.8. The number of aryl methyl sites for hydroxylation is 2. The van der Waals surface area contributed by atoms with E-state index in [-0.39, 0.29) is 18.6 Å². The molecule has 1 fully saturated rings. The van der Waals surface area contributed by atoms with Crippen LogP contribution in [0.2, 0.25) is 0 Å². The molecule has 1 aliphatic carbocycles.